The lowest BCUT2D eigenvalue weighted by Crippen LogP contribution is -2.44. The van der Waals surface area contributed by atoms with Crippen LogP contribution in [0.3, 0.4) is 0 Å². The molecule has 2 aliphatic rings. The molecule has 0 spiro atoms. The van der Waals surface area contributed by atoms with E-state index < -0.39 is 6.10 Å². The minimum atomic E-state index is -0.593. The Labute approximate surface area is 181 Å². The number of likely N-dealkylation sites (tertiary alicyclic amines) is 1. The first kappa shape index (κ1) is 21.0. The van der Waals surface area contributed by atoms with Gasteiger partial charge in [-0.15, -0.1) is 0 Å². The summed E-state index contributed by atoms with van der Waals surface area (Å²) >= 11 is 5.94. The molecule has 7 heteroatoms. The molecule has 1 heterocycles. The fourth-order valence-electron chi connectivity index (χ4n) is 4.33. The molecular formula is C23H27ClN2O4. The van der Waals surface area contributed by atoms with Crippen LogP contribution in [0.4, 0.5) is 5.69 Å². The molecule has 1 aliphatic heterocycles. The Bertz CT molecular complexity index is 876. The number of nitrogens with one attached hydrogen (secondary N) is 1. The number of aliphatic hydroxyl groups is 1. The van der Waals surface area contributed by atoms with E-state index in [4.69, 9.17) is 21.1 Å². The second-order valence-corrected chi connectivity index (χ2v) is 8.38. The van der Waals surface area contributed by atoms with E-state index in [1.54, 1.807) is 6.07 Å². The van der Waals surface area contributed by atoms with Crippen LogP contribution in [0, 0.1) is 0 Å². The van der Waals surface area contributed by atoms with E-state index in [0.29, 0.717) is 16.5 Å². The van der Waals surface area contributed by atoms with Crippen molar-refractivity contribution in [2.24, 2.45) is 0 Å². The Kier molecular flexibility index (Phi) is 6.46. The summed E-state index contributed by atoms with van der Waals surface area (Å²) in [5.74, 6) is 1.25. The first-order valence-electron chi connectivity index (χ1n) is 10.4. The van der Waals surface area contributed by atoms with Crippen molar-refractivity contribution in [3.63, 3.8) is 0 Å². The van der Waals surface area contributed by atoms with Crippen LogP contribution in [0.2, 0.25) is 5.02 Å². The highest BCUT2D eigenvalue weighted by molar-refractivity contribution is 6.30. The number of aliphatic hydroxyl groups excluding tert-OH is 1. The van der Waals surface area contributed by atoms with E-state index in [9.17, 15) is 9.90 Å². The Morgan fingerprint density at radius 2 is 1.87 bits per heavy atom. The number of carbonyl (C=O) groups excluding carboxylic acids is 1. The van der Waals surface area contributed by atoms with Crippen molar-refractivity contribution < 1.29 is 19.4 Å². The zero-order valence-electron chi connectivity index (χ0n) is 17.0. The zero-order valence-corrected chi connectivity index (χ0v) is 17.7. The summed E-state index contributed by atoms with van der Waals surface area (Å²) in [6.07, 6.45) is 1.74. The van der Waals surface area contributed by atoms with Crippen LogP contribution in [0.25, 0.3) is 0 Å². The van der Waals surface area contributed by atoms with Crippen LogP contribution in [-0.4, -0.2) is 53.4 Å². The summed E-state index contributed by atoms with van der Waals surface area (Å²) in [5, 5.41) is 14.4. The van der Waals surface area contributed by atoms with E-state index in [2.05, 4.69) is 10.2 Å². The van der Waals surface area contributed by atoms with Crippen molar-refractivity contribution in [2.75, 3.05) is 18.4 Å². The van der Waals surface area contributed by atoms with Gasteiger partial charge in [-0.05, 0) is 55.7 Å². The summed E-state index contributed by atoms with van der Waals surface area (Å²) in [5.41, 5.74) is 0.623. The molecule has 30 heavy (non-hydrogen) atoms. The lowest BCUT2D eigenvalue weighted by molar-refractivity contribution is -0.114. The van der Waals surface area contributed by atoms with Crippen LogP contribution in [-0.2, 0) is 4.79 Å². The van der Waals surface area contributed by atoms with Crippen molar-refractivity contribution in [2.45, 2.75) is 50.5 Å². The molecule has 2 N–H and O–H groups in total. The van der Waals surface area contributed by atoms with Gasteiger partial charge in [0.15, 0.2) is 0 Å². The Balaban J connectivity index is 1.34. The summed E-state index contributed by atoms with van der Waals surface area (Å²) < 4.78 is 12.2. The smallest absolute Gasteiger partial charge is 0.221 e. The highest BCUT2D eigenvalue weighted by Gasteiger charge is 2.42. The van der Waals surface area contributed by atoms with E-state index >= 15 is 0 Å². The number of rotatable bonds is 6. The van der Waals surface area contributed by atoms with E-state index in [-0.39, 0.29) is 24.2 Å². The topological polar surface area (TPSA) is 71.0 Å². The number of anilines is 1. The van der Waals surface area contributed by atoms with E-state index in [1.165, 1.54) is 6.92 Å². The molecule has 0 unspecified atom stereocenters. The predicted octanol–water partition coefficient (Wildman–Crippen LogP) is 3.72. The minimum Gasteiger partial charge on any atom is -0.489 e. The van der Waals surface area contributed by atoms with Crippen LogP contribution >= 0.6 is 11.6 Å². The second kappa shape index (κ2) is 9.25. The Morgan fingerprint density at radius 3 is 2.63 bits per heavy atom. The minimum absolute atomic E-state index is 0.0433. The zero-order chi connectivity index (χ0) is 21.1. The maximum atomic E-state index is 11.4. The van der Waals surface area contributed by atoms with Gasteiger partial charge in [-0.2, -0.15) is 0 Å². The molecule has 1 saturated carbocycles. The lowest BCUT2D eigenvalue weighted by atomic mass is 10.1. The normalized spacial score (nSPS) is 26.5. The van der Waals surface area contributed by atoms with Crippen LogP contribution in [0.5, 0.6) is 11.5 Å². The maximum Gasteiger partial charge on any atom is 0.221 e. The van der Waals surface area contributed by atoms with Gasteiger partial charge >= 0.3 is 0 Å². The highest BCUT2D eigenvalue weighted by Crippen LogP contribution is 2.34. The Hall–Kier alpha value is -2.28. The van der Waals surface area contributed by atoms with Crippen molar-refractivity contribution >= 4 is 23.2 Å². The monoisotopic (exact) mass is 430 g/mol. The number of hydrogen-bond acceptors (Lipinski definition) is 5. The number of para-hydroxylation sites is 2. The molecule has 6 nitrogen and oxygen atoms in total. The van der Waals surface area contributed by atoms with Crippen molar-refractivity contribution in [3.8, 4) is 11.5 Å². The number of carbonyl (C=O) groups is 1. The van der Waals surface area contributed by atoms with Gasteiger partial charge in [0, 0.05) is 31.1 Å². The molecule has 4 atom stereocenters. The van der Waals surface area contributed by atoms with Gasteiger partial charge in [0.1, 0.15) is 29.8 Å². The highest BCUT2D eigenvalue weighted by atomic mass is 35.5. The van der Waals surface area contributed by atoms with E-state index in [0.717, 1.165) is 38.1 Å². The Morgan fingerprint density at radius 1 is 1.10 bits per heavy atom. The number of ether oxygens (including phenoxy) is 2. The fourth-order valence-corrected chi connectivity index (χ4v) is 4.46. The summed E-state index contributed by atoms with van der Waals surface area (Å²) in [7, 11) is 0. The molecule has 4 rings (SSSR count). The quantitative estimate of drug-likeness (QED) is 0.730. The molecule has 2 aromatic rings. The number of halogens is 1. The van der Waals surface area contributed by atoms with Crippen molar-refractivity contribution in [3.05, 3.63) is 53.6 Å². The molecule has 160 valence electrons. The summed E-state index contributed by atoms with van der Waals surface area (Å²) in [6.45, 7) is 3.13. The number of benzene rings is 2. The van der Waals surface area contributed by atoms with Gasteiger partial charge in [0.2, 0.25) is 5.91 Å². The van der Waals surface area contributed by atoms with Gasteiger partial charge in [0.25, 0.3) is 0 Å². The molecule has 2 aromatic carbocycles. The van der Waals surface area contributed by atoms with E-state index in [1.807, 2.05) is 42.5 Å². The van der Waals surface area contributed by atoms with Gasteiger partial charge in [-0.3, -0.25) is 9.69 Å². The third-order valence-electron chi connectivity index (χ3n) is 5.76. The number of hydrogen-bond donors (Lipinski definition) is 2. The standard InChI is InChI=1S/C23H27ClN2O4/c1-15(27)25-19-4-2-3-5-21(19)30-22-11-10-20(23(22)28)26-13-12-18(14-26)29-17-8-6-16(24)7-9-17/h2-9,18,20,22-23,28H,10-14H2,1H3,(H,25,27)/t18-,20+,22+,23+/m0/s1. The second-order valence-electron chi connectivity index (χ2n) is 7.95. The average molecular weight is 431 g/mol. The van der Waals surface area contributed by atoms with Gasteiger partial charge in [-0.25, -0.2) is 0 Å². The molecule has 1 aliphatic carbocycles. The number of amides is 1. The van der Waals surface area contributed by atoms with Crippen LogP contribution in [0.1, 0.15) is 26.2 Å². The molecule has 2 fully saturated rings. The van der Waals surface area contributed by atoms with Crippen molar-refractivity contribution in [1.29, 1.82) is 0 Å². The molecule has 1 saturated heterocycles. The van der Waals surface area contributed by atoms with Gasteiger partial charge in [-0.1, -0.05) is 23.7 Å². The third kappa shape index (κ3) is 4.89. The molecule has 1 amide bonds. The predicted molar refractivity (Wildman–Crippen MR) is 116 cm³/mol. The van der Waals surface area contributed by atoms with Crippen LogP contribution < -0.4 is 14.8 Å². The SMILES string of the molecule is CC(=O)Nc1ccccc1O[C@@H]1CC[C@@H](N2CC[C@H](Oc3ccc(Cl)cc3)C2)[C@H]1O. The molecule has 0 bridgehead atoms. The molecule has 0 radical (unpaired) electrons. The fraction of sp³-hybridized carbons (Fsp3) is 0.435. The first-order valence-corrected chi connectivity index (χ1v) is 10.7. The molecule has 0 aromatic heterocycles. The average Bonchev–Trinajstić information content (AvgIpc) is 3.32. The molecular weight excluding hydrogens is 404 g/mol. The van der Waals surface area contributed by atoms with Gasteiger partial charge in [0.05, 0.1) is 5.69 Å². The lowest BCUT2D eigenvalue weighted by Gasteiger charge is -2.28. The number of nitrogens with zero attached hydrogens (tertiary/aromatic N) is 1. The maximum absolute atomic E-state index is 11.4. The van der Waals surface area contributed by atoms with Crippen LogP contribution in [0.15, 0.2) is 48.5 Å². The first-order chi connectivity index (χ1) is 14.5. The van der Waals surface area contributed by atoms with Crippen molar-refractivity contribution in [1.82, 2.24) is 4.90 Å². The largest absolute Gasteiger partial charge is 0.489 e. The summed E-state index contributed by atoms with van der Waals surface area (Å²) in [6, 6.07) is 14.8. The third-order valence-corrected chi connectivity index (χ3v) is 6.01. The van der Waals surface area contributed by atoms with Gasteiger partial charge < -0.3 is 19.9 Å². The summed E-state index contributed by atoms with van der Waals surface area (Å²) in [4.78, 5) is 13.7.